The first-order chi connectivity index (χ1) is 13.1. The van der Waals surface area contributed by atoms with Crippen molar-refractivity contribution in [1.29, 1.82) is 5.41 Å². The van der Waals surface area contributed by atoms with E-state index < -0.39 is 6.04 Å². The Morgan fingerprint density at radius 1 is 1.22 bits per heavy atom. The highest BCUT2D eigenvalue weighted by atomic mass is 16.1. The molecule has 8 heteroatoms. The lowest BCUT2D eigenvalue weighted by atomic mass is 9.72. The fraction of sp³-hybridized carbons (Fsp3) is 0.842. The van der Waals surface area contributed by atoms with E-state index in [0.717, 1.165) is 38.8 Å². The van der Waals surface area contributed by atoms with Crippen molar-refractivity contribution in [3.05, 3.63) is 0 Å². The molecule has 3 rings (SSSR count). The third-order valence-electron chi connectivity index (χ3n) is 6.38. The molecule has 152 valence electrons. The molecular weight excluding hydrogens is 344 g/mol. The second kappa shape index (κ2) is 9.61. The number of hydrogen-bond acceptors (Lipinski definition) is 6. The predicted octanol–water partition coefficient (Wildman–Crippen LogP) is 0.133. The number of aldehydes is 1. The van der Waals surface area contributed by atoms with Gasteiger partial charge in [-0.1, -0.05) is 19.3 Å². The van der Waals surface area contributed by atoms with Crippen LogP contribution in [-0.4, -0.2) is 60.8 Å². The number of hydrogen-bond donors (Lipinski definition) is 5. The van der Waals surface area contributed by atoms with Gasteiger partial charge in [-0.3, -0.25) is 10.2 Å². The minimum atomic E-state index is -0.527. The largest absolute Gasteiger partial charge is 0.370 e. The van der Waals surface area contributed by atoms with Crippen LogP contribution in [0.25, 0.3) is 0 Å². The van der Waals surface area contributed by atoms with Gasteiger partial charge in [-0.15, -0.1) is 0 Å². The lowest BCUT2D eigenvalue weighted by Gasteiger charge is -2.40. The number of rotatable bonds is 9. The maximum atomic E-state index is 13.1. The van der Waals surface area contributed by atoms with Crippen LogP contribution in [0.1, 0.15) is 51.4 Å². The number of piperidine rings is 1. The molecule has 6 N–H and O–H groups in total. The topological polar surface area (TPSA) is 123 Å². The lowest BCUT2D eigenvalue weighted by molar-refractivity contribution is -0.124. The van der Waals surface area contributed by atoms with Gasteiger partial charge in [0.1, 0.15) is 6.29 Å². The van der Waals surface area contributed by atoms with E-state index in [1.165, 1.54) is 25.7 Å². The molecule has 8 nitrogen and oxygen atoms in total. The Labute approximate surface area is 161 Å². The number of ketones is 1. The van der Waals surface area contributed by atoms with Crippen LogP contribution in [0.4, 0.5) is 0 Å². The van der Waals surface area contributed by atoms with Crippen LogP contribution >= 0.6 is 0 Å². The van der Waals surface area contributed by atoms with Crippen LogP contribution in [-0.2, 0) is 9.59 Å². The van der Waals surface area contributed by atoms with Gasteiger partial charge < -0.3 is 21.2 Å². The van der Waals surface area contributed by atoms with Crippen molar-refractivity contribution in [3.8, 4) is 0 Å². The Balaban J connectivity index is 1.54. The number of fused-ring (bicyclic) bond motifs is 1. The zero-order chi connectivity index (χ0) is 19.2. The molecule has 27 heavy (non-hydrogen) atoms. The summed E-state index contributed by atoms with van der Waals surface area (Å²) in [6, 6.07) is -1.02. The van der Waals surface area contributed by atoms with E-state index in [1.807, 2.05) is 5.01 Å². The molecular formula is C19H34N6O2. The average molecular weight is 379 g/mol. The van der Waals surface area contributed by atoms with Crippen LogP contribution in [0.15, 0.2) is 0 Å². The van der Waals surface area contributed by atoms with Crippen LogP contribution in [0, 0.1) is 17.2 Å². The normalized spacial score (nSPS) is 30.4. The summed E-state index contributed by atoms with van der Waals surface area (Å²) in [6.07, 6.45) is 8.98. The minimum Gasteiger partial charge on any atom is -0.370 e. The van der Waals surface area contributed by atoms with Gasteiger partial charge >= 0.3 is 0 Å². The second-order valence-electron chi connectivity index (χ2n) is 8.30. The van der Waals surface area contributed by atoms with E-state index in [2.05, 4.69) is 16.1 Å². The standard InChI is InChI=1S/C19H34N6O2/c20-19(21)23-16(7-6-15(12-26)24-25-8-3-9-25)18(27)17-10-13-4-1-2-5-14(13)11-22-17/h12-17,22,24H,1-11H2,(H4,20,21,23)/t13-,14?,15+,16?,17+/m1/s1. The second-order valence-corrected chi connectivity index (χ2v) is 8.30. The fourth-order valence-electron chi connectivity index (χ4n) is 4.67. The third kappa shape index (κ3) is 5.49. The summed E-state index contributed by atoms with van der Waals surface area (Å²) >= 11 is 0. The summed E-state index contributed by atoms with van der Waals surface area (Å²) in [6.45, 7) is 2.81. The Bertz CT molecular complexity index is 538. The molecule has 0 aromatic carbocycles. The van der Waals surface area contributed by atoms with Gasteiger partial charge in [0, 0.05) is 13.1 Å². The first-order valence-electron chi connectivity index (χ1n) is 10.4. The summed E-state index contributed by atoms with van der Waals surface area (Å²) in [4.78, 5) is 24.5. The minimum absolute atomic E-state index is 0.0721. The van der Waals surface area contributed by atoms with Crippen molar-refractivity contribution >= 4 is 18.0 Å². The van der Waals surface area contributed by atoms with E-state index in [9.17, 15) is 9.59 Å². The van der Waals surface area contributed by atoms with Gasteiger partial charge in [0.05, 0.1) is 18.1 Å². The Morgan fingerprint density at radius 3 is 2.59 bits per heavy atom. The molecule has 0 aromatic rings. The summed E-state index contributed by atoms with van der Waals surface area (Å²) in [7, 11) is 0. The molecule has 0 amide bonds. The smallest absolute Gasteiger partial charge is 0.186 e. The number of nitrogens with one attached hydrogen (secondary N) is 4. The molecule has 3 aliphatic rings. The SMILES string of the molecule is N=C(N)NC(CC[C@@H](C=O)NN1CCC1)C(=O)[C@@H]1C[C@H]2CCCCC2CN1. The molecule has 3 fully saturated rings. The number of hydrazine groups is 1. The maximum Gasteiger partial charge on any atom is 0.186 e. The van der Waals surface area contributed by atoms with Gasteiger partial charge in [0.2, 0.25) is 0 Å². The highest BCUT2D eigenvalue weighted by molar-refractivity contribution is 5.92. The summed E-state index contributed by atoms with van der Waals surface area (Å²) in [5, 5.41) is 15.8. The van der Waals surface area contributed by atoms with Crippen molar-refractivity contribution in [2.75, 3.05) is 19.6 Å². The molecule has 2 aliphatic heterocycles. The highest BCUT2D eigenvalue weighted by Gasteiger charge is 2.37. The van der Waals surface area contributed by atoms with Crippen LogP contribution in [0.3, 0.4) is 0 Å². The number of carbonyl (C=O) groups excluding carboxylic acids is 2. The number of carbonyl (C=O) groups is 2. The van der Waals surface area contributed by atoms with Gasteiger partial charge in [-0.25, -0.2) is 10.4 Å². The number of Topliss-reactive ketones (excluding diaryl/α,β-unsaturated/α-hetero) is 1. The molecule has 2 heterocycles. The van der Waals surface area contributed by atoms with E-state index in [1.54, 1.807) is 0 Å². The molecule has 2 unspecified atom stereocenters. The Morgan fingerprint density at radius 2 is 1.96 bits per heavy atom. The van der Waals surface area contributed by atoms with Gasteiger partial charge in [0.15, 0.2) is 11.7 Å². The molecule has 1 aliphatic carbocycles. The molecule has 0 radical (unpaired) electrons. The van der Waals surface area contributed by atoms with Crippen molar-refractivity contribution in [2.45, 2.75) is 69.5 Å². The Hall–Kier alpha value is -1.51. The van der Waals surface area contributed by atoms with E-state index in [0.29, 0.717) is 24.7 Å². The summed E-state index contributed by atoms with van der Waals surface area (Å²) < 4.78 is 0. The molecule has 1 saturated carbocycles. The van der Waals surface area contributed by atoms with Gasteiger partial charge in [0.25, 0.3) is 0 Å². The van der Waals surface area contributed by atoms with Gasteiger partial charge in [-0.2, -0.15) is 0 Å². The molecule has 2 saturated heterocycles. The van der Waals surface area contributed by atoms with Crippen LogP contribution in [0.2, 0.25) is 0 Å². The predicted molar refractivity (Wildman–Crippen MR) is 104 cm³/mol. The van der Waals surface area contributed by atoms with Crippen molar-refractivity contribution in [1.82, 2.24) is 21.1 Å². The van der Waals surface area contributed by atoms with Crippen LogP contribution < -0.4 is 21.8 Å². The molecule has 0 bridgehead atoms. The van der Waals surface area contributed by atoms with E-state index in [4.69, 9.17) is 11.1 Å². The average Bonchev–Trinajstić information content (AvgIpc) is 2.64. The van der Waals surface area contributed by atoms with E-state index in [-0.39, 0.29) is 23.8 Å². The summed E-state index contributed by atoms with van der Waals surface area (Å²) in [5.74, 6) is 1.20. The monoisotopic (exact) mass is 378 g/mol. The van der Waals surface area contributed by atoms with E-state index >= 15 is 0 Å². The molecule has 5 atom stereocenters. The number of nitrogens with two attached hydrogens (primary N) is 1. The van der Waals surface area contributed by atoms with Crippen molar-refractivity contribution < 1.29 is 9.59 Å². The van der Waals surface area contributed by atoms with Crippen LogP contribution in [0.5, 0.6) is 0 Å². The Kier molecular flexibility index (Phi) is 7.20. The van der Waals surface area contributed by atoms with Crippen molar-refractivity contribution in [3.63, 3.8) is 0 Å². The zero-order valence-electron chi connectivity index (χ0n) is 16.1. The first-order valence-corrected chi connectivity index (χ1v) is 10.4. The van der Waals surface area contributed by atoms with Gasteiger partial charge in [-0.05, 0) is 50.5 Å². The van der Waals surface area contributed by atoms with Crippen molar-refractivity contribution in [2.24, 2.45) is 17.6 Å². The fourth-order valence-corrected chi connectivity index (χ4v) is 4.67. The number of nitrogens with zero attached hydrogens (tertiary/aromatic N) is 1. The zero-order valence-corrected chi connectivity index (χ0v) is 16.1. The third-order valence-corrected chi connectivity index (χ3v) is 6.38. The lowest BCUT2D eigenvalue weighted by Crippen LogP contribution is -2.56. The summed E-state index contributed by atoms with van der Waals surface area (Å²) in [5.41, 5.74) is 8.72. The highest BCUT2D eigenvalue weighted by Crippen LogP contribution is 2.35. The number of guanidine groups is 1. The maximum absolute atomic E-state index is 13.1. The molecule has 0 aromatic heterocycles. The first kappa shape index (κ1) is 20.2. The molecule has 0 spiro atoms. The quantitative estimate of drug-likeness (QED) is 0.220.